The Bertz CT molecular complexity index is 1420. The second kappa shape index (κ2) is 10.2. The normalized spacial score (nSPS) is 11.2. The fraction of sp³-hybridized carbons (Fsp3) is 0.240. The van der Waals surface area contributed by atoms with Gasteiger partial charge in [0.1, 0.15) is 0 Å². The van der Waals surface area contributed by atoms with E-state index in [1.165, 1.54) is 11.3 Å². The van der Waals surface area contributed by atoms with E-state index in [1.807, 2.05) is 35.1 Å². The molecule has 9 heteroatoms. The second-order valence-corrected chi connectivity index (χ2v) is 9.87. The van der Waals surface area contributed by atoms with Gasteiger partial charge in [-0.15, -0.1) is 11.3 Å². The third-order valence-electron chi connectivity index (χ3n) is 5.78. The van der Waals surface area contributed by atoms with Crippen LogP contribution in [-0.2, 0) is 13.1 Å². The molecule has 0 atom stereocenters. The summed E-state index contributed by atoms with van der Waals surface area (Å²) in [7, 11) is 1.79. The summed E-state index contributed by atoms with van der Waals surface area (Å²) < 4.78 is 3.48. The van der Waals surface area contributed by atoms with Gasteiger partial charge >= 0.3 is 0 Å². The first kappa shape index (κ1) is 24.3. The highest BCUT2D eigenvalue weighted by molar-refractivity contribution is 7.12. The number of fused-ring (bicyclic) bond motifs is 1. The average Bonchev–Trinajstić information content (AvgIpc) is 3.36. The van der Waals surface area contributed by atoms with Crippen LogP contribution in [-0.4, -0.2) is 39.3 Å². The van der Waals surface area contributed by atoms with Gasteiger partial charge < -0.3 is 14.0 Å². The SMILES string of the molecule is Cc1ccsc1C(=O)N(C)CCCn1c(=N)n(CC(=O)c2ccc(Cl)cc2)c2cccc(Cl)c21. The molecule has 0 unspecified atom stereocenters. The Balaban J connectivity index is 1.56. The molecule has 0 bridgehead atoms. The summed E-state index contributed by atoms with van der Waals surface area (Å²) in [5, 5.41) is 11.8. The number of ketones is 1. The smallest absolute Gasteiger partial charge is 0.263 e. The van der Waals surface area contributed by atoms with Crippen LogP contribution >= 0.6 is 34.5 Å². The van der Waals surface area contributed by atoms with Crippen molar-refractivity contribution in [2.45, 2.75) is 26.4 Å². The Labute approximate surface area is 211 Å². The van der Waals surface area contributed by atoms with Crippen molar-refractivity contribution in [3.8, 4) is 0 Å². The van der Waals surface area contributed by atoms with Crippen LogP contribution in [0.2, 0.25) is 10.0 Å². The summed E-state index contributed by atoms with van der Waals surface area (Å²) in [6.45, 7) is 2.97. The number of aryl methyl sites for hydroxylation is 2. The van der Waals surface area contributed by atoms with Crippen molar-refractivity contribution in [3.05, 3.63) is 85.6 Å². The predicted octanol–water partition coefficient (Wildman–Crippen LogP) is 5.64. The first-order valence-electron chi connectivity index (χ1n) is 10.8. The van der Waals surface area contributed by atoms with E-state index in [-0.39, 0.29) is 23.9 Å². The molecule has 176 valence electrons. The van der Waals surface area contributed by atoms with Gasteiger partial charge in [0.2, 0.25) is 5.62 Å². The van der Waals surface area contributed by atoms with E-state index in [1.54, 1.807) is 46.8 Å². The zero-order valence-electron chi connectivity index (χ0n) is 18.8. The molecule has 34 heavy (non-hydrogen) atoms. The standard InChI is InChI=1S/C25H24Cl2N4O2S/c1-16-11-14-34-23(16)24(33)29(2)12-4-13-30-22-19(27)5-3-6-20(22)31(25(30)28)15-21(32)17-7-9-18(26)10-8-17/h3,5-11,14,28H,4,12-13,15H2,1-2H3. The number of aromatic nitrogens is 2. The number of carbonyl (C=O) groups is 2. The van der Waals surface area contributed by atoms with Gasteiger partial charge in [-0.3, -0.25) is 15.0 Å². The third kappa shape index (κ3) is 4.82. The maximum atomic E-state index is 12.9. The largest absolute Gasteiger partial charge is 0.341 e. The van der Waals surface area contributed by atoms with Crippen LogP contribution in [0.1, 0.15) is 32.0 Å². The molecular weight excluding hydrogens is 491 g/mol. The van der Waals surface area contributed by atoms with E-state index in [9.17, 15) is 9.59 Å². The van der Waals surface area contributed by atoms with Crippen LogP contribution in [0.3, 0.4) is 0 Å². The van der Waals surface area contributed by atoms with Gasteiger partial charge in [0, 0.05) is 30.7 Å². The number of imidazole rings is 1. The quantitative estimate of drug-likeness (QED) is 0.309. The van der Waals surface area contributed by atoms with Crippen LogP contribution < -0.4 is 5.62 Å². The number of Topliss-reactive ketones (excluding diaryl/α,β-unsaturated/α-hetero) is 1. The topological polar surface area (TPSA) is 71.1 Å². The molecule has 0 fully saturated rings. The number of carbonyl (C=O) groups excluding carboxylic acids is 2. The van der Waals surface area contributed by atoms with Gasteiger partial charge in [-0.25, -0.2) is 0 Å². The van der Waals surface area contributed by atoms with Gasteiger partial charge in [-0.2, -0.15) is 0 Å². The average molecular weight is 515 g/mol. The van der Waals surface area contributed by atoms with Gasteiger partial charge in [-0.1, -0.05) is 29.3 Å². The van der Waals surface area contributed by atoms with Crippen LogP contribution in [0.15, 0.2) is 53.9 Å². The number of nitrogens with zero attached hydrogens (tertiary/aromatic N) is 3. The molecule has 6 nitrogen and oxygen atoms in total. The summed E-state index contributed by atoms with van der Waals surface area (Å²) in [6.07, 6.45) is 0.638. The van der Waals surface area contributed by atoms with E-state index < -0.39 is 0 Å². The lowest BCUT2D eigenvalue weighted by Gasteiger charge is -2.17. The van der Waals surface area contributed by atoms with Crippen LogP contribution in [0.25, 0.3) is 11.0 Å². The number of benzene rings is 2. The number of halogens is 2. The summed E-state index contributed by atoms with van der Waals surface area (Å²) in [5.41, 5.74) is 3.13. The first-order chi connectivity index (χ1) is 16.3. The Morgan fingerprint density at radius 1 is 1.06 bits per heavy atom. The molecule has 4 aromatic rings. The fourth-order valence-electron chi connectivity index (χ4n) is 3.94. The number of rotatable bonds is 8. The van der Waals surface area contributed by atoms with Gasteiger partial charge in [0.15, 0.2) is 5.78 Å². The summed E-state index contributed by atoms with van der Waals surface area (Å²) >= 11 is 13.9. The van der Waals surface area contributed by atoms with Crippen LogP contribution in [0, 0.1) is 12.3 Å². The monoisotopic (exact) mass is 514 g/mol. The highest BCUT2D eigenvalue weighted by Crippen LogP contribution is 2.24. The van der Waals surface area contributed by atoms with E-state index in [2.05, 4.69) is 0 Å². The minimum Gasteiger partial charge on any atom is -0.341 e. The Morgan fingerprint density at radius 3 is 2.47 bits per heavy atom. The van der Waals surface area contributed by atoms with Crippen LogP contribution in [0.5, 0.6) is 0 Å². The molecule has 0 aliphatic heterocycles. The number of nitrogens with one attached hydrogen (secondary N) is 1. The molecule has 0 saturated carbocycles. The molecule has 0 saturated heterocycles. The number of hydrogen-bond donors (Lipinski definition) is 1. The number of hydrogen-bond acceptors (Lipinski definition) is 4. The van der Waals surface area contributed by atoms with Gasteiger partial charge in [-0.05, 0) is 66.8 Å². The van der Waals surface area contributed by atoms with Crippen molar-refractivity contribution in [3.63, 3.8) is 0 Å². The lowest BCUT2D eigenvalue weighted by molar-refractivity contribution is 0.0795. The number of amides is 1. The van der Waals surface area contributed by atoms with Crippen molar-refractivity contribution < 1.29 is 9.59 Å². The molecule has 0 aliphatic rings. The third-order valence-corrected chi connectivity index (χ3v) is 7.35. The molecular formula is C25H24Cl2N4O2S. The van der Waals surface area contributed by atoms with E-state index in [0.29, 0.717) is 40.6 Å². The number of para-hydroxylation sites is 1. The van der Waals surface area contributed by atoms with Crippen LogP contribution in [0.4, 0.5) is 0 Å². The second-order valence-electron chi connectivity index (χ2n) is 8.11. The highest BCUT2D eigenvalue weighted by atomic mass is 35.5. The van der Waals surface area contributed by atoms with Gasteiger partial charge in [0.25, 0.3) is 5.91 Å². The molecule has 2 heterocycles. The number of thiophene rings is 1. The van der Waals surface area contributed by atoms with E-state index in [4.69, 9.17) is 28.6 Å². The molecule has 0 radical (unpaired) electrons. The molecule has 2 aromatic heterocycles. The molecule has 4 rings (SSSR count). The molecule has 0 spiro atoms. The predicted molar refractivity (Wildman–Crippen MR) is 137 cm³/mol. The highest BCUT2D eigenvalue weighted by Gasteiger charge is 2.18. The van der Waals surface area contributed by atoms with E-state index >= 15 is 0 Å². The lowest BCUT2D eigenvalue weighted by atomic mass is 10.1. The zero-order valence-corrected chi connectivity index (χ0v) is 21.2. The molecule has 0 aliphatic carbocycles. The Morgan fingerprint density at radius 2 is 1.79 bits per heavy atom. The lowest BCUT2D eigenvalue weighted by Crippen LogP contribution is -2.30. The van der Waals surface area contributed by atoms with Crippen molar-refractivity contribution in [1.82, 2.24) is 14.0 Å². The summed E-state index contributed by atoms with van der Waals surface area (Å²) in [4.78, 5) is 28.1. The van der Waals surface area contributed by atoms with E-state index in [0.717, 1.165) is 16.0 Å². The Hall–Kier alpha value is -2.87. The molecule has 2 aromatic carbocycles. The zero-order chi connectivity index (χ0) is 24.4. The molecule has 1 N–H and O–H groups in total. The summed E-state index contributed by atoms with van der Waals surface area (Å²) in [5.74, 6) is -0.122. The van der Waals surface area contributed by atoms with Crippen molar-refractivity contribution in [1.29, 1.82) is 5.41 Å². The van der Waals surface area contributed by atoms with Gasteiger partial charge in [0.05, 0.1) is 27.5 Å². The minimum absolute atomic E-state index is 0.00220. The maximum absolute atomic E-state index is 12.9. The maximum Gasteiger partial charge on any atom is 0.263 e. The first-order valence-corrected chi connectivity index (χ1v) is 12.4. The minimum atomic E-state index is -0.120. The molecule has 1 amide bonds. The summed E-state index contributed by atoms with van der Waals surface area (Å²) in [6, 6.07) is 14.1. The van der Waals surface area contributed by atoms with Crippen molar-refractivity contribution >= 4 is 57.3 Å². The van der Waals surface area contributed by atoms with Crippen molar-refractivity contribution in [2.75, 3.05) is 13.6 Å². The van der Waals surface area contributed by atoms with Crippen molar-refractivity contribution in [2.24, 2.45) is 0 Å². The fourth-order valence-corrected chi connectivity index (χ4v) is 5.25. The Kier molecular flexibility index (Phi) is 7.26.